The highest BCUT2D eigenvalue weighted by atomic mass is 32.1. The van der Waals surface area contributed by atoms with Crippen LogP contribution in [0.4, 0.5) is 0 Å². The van der Waals surface area contributed by atoms with Crippen LogP contribution in [0.5, 0.6) is 0 Å². The summed E-state index contributed by atoms with van der Waals surface area (Å²) in [7, 11) is 0. The molecule has 0 heterocycles. The van der Waals surface area contributed by atoms with Gasteiger partial charge in [-0.2, -0.15) is 0 Å². The third-order valence-electron chi connectivity index (χ3n) is 2.07. The van der Waals surface area contributed by atoms with Gasteiger partial charge < -0.3 is 0 Å². The standard InChI is InChI=1S/2C7H8S/c2*1-6-2-4-7(8)5-3-6/h2*2-5,8H,1H3. The molecular weight excluding hydrogens is 232 g/mol. The lowest BCUT2D eigenvalue weighted by atomic mass is 10.2. The third kappa shape index (κ3) is 5.29. The highest BCUT2D eigenvalue weighted by Crippen LogP contribution is 2.06. The fraction of sp³-hybridized carbons (Fsp3) is 0.143. The normalized spacial score (nSPS) is 9.25. The van der Waals surface area contributed by atoms with Crippen molar-refractivity contribution < 1.29 is 0 Å². The molecule has 0 saturated heterocycles. The van der Waals surface area contributed by atoms with Crippen LogP contribution >= 0.6 is 25.3 Å². The van der Waals surface area contributed by atoms with Gasteiger partial charge in [-0.3, -0.25) is 0 Å². The van der Waals surface area contributed by atoms with Crippen molar-refractivity contribution in [2.45, 2.75) is 23.6 Å². The Balaban J connectivity index is 0.000000160. The number of hydrogen-bond donors (Lipinski definition) is 2. The second kappa shape index (κ2) is 6.66. The van der Waals surface area contributed by atoms with E-state index in [0.717, 1.165) is 9.79 Å². The van der Waals surface area contributed by atoms with Crippen LogP contribution in [0.2, 0.25) is 0 Å². The lowest BCUT2D eigenvalue weighted by molar-refractivity contribution is 1.39. The number of aryl methyl sites for hydroxylation is 2. The zero-order chi connectivity index (χ0) is 12.0. The first kappa shape index (κ1) is 13.2. The molecule has 0 amide bonds. The second-order valence-corrected chi connectivity index (χ2v) is 4.70. The van der Waals surface area contributed by atoms with E-state index in [-0.39, 0.29) is 0 Å². The van der Waals surface area contributed by atoms with Crippen LogP contribution in [0.3, 0.4) is 0 Å². The molecule has 2 heteroatoms. The van der Waals surface area contributed by atoms with Gasteiger partial charge in [-0.05, 0) is 38.1 Å². The van der Waals surface area contributed by atoms with Crippen molar-refractivity contribution in [3.05, 3.63) is 59.7 Å². The van der Waals surface area contributed by atoms with Gasteiger partial charge in [0.25, 0.3) is 0 Å². The van der Waals surface area contributed by atoms with Crippen LogP contribution in [-0.4, -0.2) is 0 Å². The number of rotatable bonds is 0. The summed E-state index contributed by atoms with van der Waals surface area (Å²) in [6.07, 6.45) is 0. The zero-order valence-electron chi connectivity index (χ0n) is 9.51. The van der Waals surface area contributed by atoms with Gasteiger partial charge in [0.05, 0.1) is 0 Å². The summed E-state index contributed by atoms with van der Waals surface area (Å²) in [5, 5.41) is 0. The average Bonchev–Trinajstić information content (AvgIpc) is 2.28. The van der Waals surface area contributed by atoms with Gasteiger partial charge >= 0.3 is 0 Å². The van der Waals surface area contributed by atoms with Crippen molar-refractivity contribution in [1.82, 2.24) is 0 Å². The molecule has 2 rings (SSSR count). The number of thiol groups is 2. The highest BCUT2D eigenvalue weighted by Gasteiger charge is 1.81. The van der Waals surface area contributed by atoms with Crippen molar-refractivity contribution in [1.29, 1.82) is 0 Å². The van der Waals surface area contributed by atoms with E-state index in [0.29, 0.717) is 0 Å². The fourth-order valence-electron chi connectivity index (χ4n) is 1.09. The van der Waals surface area contributed by atoms with Crippen LogP contribution in [0, 0.1) is 13.8 Å². The maximum absolute atomic E-state index is 4.13. The molecule has 0 bridgehead atoms. The van der Waals surface area contributed by atoms with Crippen LogP contribution in [0.15, 0.2) is 58.3 Å². The Kier molecular flexibility index (Phi) is 5.50. The van der Waals surface area contributed by atoms with E-state index in [4.69, 9.17) is 0 Å². The minimum Gasteiger partial charge on any atom is -0.143 e. The predicted molar refractivity (Wildman–Crippen MR) is 76.9 cm³/mol. The van der Waals surface area contributed by atoms with E-state index in [2.05, 4.69) is 39.1 Å². The molecule has 16 heavy (non-hydrogen) atoms. The van der Waals surface area contributed by atoms with Gasteiger partial charge in [-0.15, -0.1) is 25.3 Å². The smallest absolute Gasteiger partial charge is 0.00401 e. The Morgan fingerprint density at radius 2 is 0.812 bits per heavy atom. The van der Waals surface area contributed by atoms with Crippen LogP contribution in [0.25, 0.3) is 0 Å². The number of hydrogen-bond acceptors (Lipinski definition) is 2. The maximum atomic E-state index is 4.13. The van der Waals surface area contributed by atoms with Gasteiger partial charge in [-0.25, -0.2) is 0 Å². The fourth-order valence-corrected chi connectivity index (χ4v) is 1.39. The Morgan fingerprint density at radius 3 is 1.00 bits per heavy atom. The first-order valence-corrected chi connectivity index (χ1v) is 5.98. The summed E-state index contributed by atoms with van der Waals surface area (Å²) in [6, 6.07) is 16.1. The Morgan fingerprint density at radius 1 is 0.562 bits per heavy atom. The molecule has 0 saturated carbocycles. The zero-order valence-corrected chi connectivity index (χ0v) is 11.3. The molecule has 0 spiro atoms. The van der Waals surface area contributed by atoms with E-state index in [9.17, 15) is 0 Å². The van der Waals surface area contributed by atoms with Crippen molar-refractivity contribution >= 4 is 25.3 Å². The van der Waals surface area contributed by atoms with E-state index >= 15 is 0 Å². The summed E-state index contributed by atoms with van der Waals surface area (Å²) in [4.78, 5) is 2.05. The van der Waals surface area contributed by atoms with Crippen LogP contribution < -0.4 is 0 Å². The van der Waals surface area contributed by atoms with Crippen LogP contribution in [-0.2, 0) is 0 Å². The minimum atomic E-state index is 1.02. The van der Waals surface area contributed by atoms with Gasteiger partial charge in [-0.1, -0.05) is 35.4 Å². The van der Waals surface area contributed by atoms with Gasteiger partial charge in [0, 0.05) is 9.79 Å². The molecule has 0 nitrogen and oxygen atoms in total. The predicted octanol–water partition coefficient (Wildman–Crippen LogP) is 4.57. The largest absolute Gasteiger partial charge is 0.143 e. The van der Waals surface area contributed by atoms with Crippen LogP contribution in [0.1, 0.15) is 11.1 Å². The highest BCUT2D eigenvalue weighted by molar-refractivity contribution is 7.80. The van der Waals surface area contributed by atoms with Crippen molar-refractivity contribution in [3.8, 4) is 0 Å². The molecule has 84 valence electrons. The molecule has 0 aliphatic carbocycles. The SMILES string of the molecule is Cc1ccc(S)cc1.Cc1ccc(S)cc1. The van der Waals surface area contributed by atoms with Crippen molar-refractivity contribution in [2.75, 3.05) is 0 Å². The molecule has 0 atom stereocenters. The molecule has 2 aromatic rings. The average molecular weight is 248 g/mol. The molecule has 0 aliphatic rings. The van der Waals surface area contributed by atoms with Gasteiger partial charge in [0.2, 0.25) is 0 Å². The molecule has 0 aliphatic heterocycles. The molecule has 0 unspecified atom stereocenters. The summed E-state index contributed by atoms with van der Waals surface area (Å²) in [5.74, 6) is 0. The maximum Gasteiger partial charge on any atom is 0.00401 e. The molecular formula is C14H16S2. The lowest BCUT2D eigenvalue weighted by Crippen LogP contribution is -1.67. The number of benzene rings is 2. The summed E-state index contributed by atoms with van der Waals surface area (Å²) in [6.45, 7) is 4.13. The second-order valence-electron chi connectivity index (χ2n) is 3.67. The van der Waals surface area contributed by atoms with E-state index in [1.54, 1.807) is 0 Å². The first-order chi connectivity index (χ1) is 7.58. The Labute approximate surface area is 109 Å². The molecule has 2 aromatic carbocycles. The van der Waals surface area contributed by atoms with Crippen molar-refractivity contribution in [2.24, 2.45) is 0 Å². The summed E-state index contributed by atoms with van der Waals surface area (Å²) < 4.78 is 0. The summed E-state index contributed by atoms with van der Waals surface area (Å²) in [5.41, 5.74) is 2.56. The quantitative estimate of drug-likeness (QED) is 0.627. The van der Waals surface area contributed by atoms with E-state index < -0.39 is 0 Å². The monoisotopic (exact) mass is 248 g/mol. The first-order valence-electron chi connectivity index (χ1n) is 5.09. The Bertz CT molecular complexity index is 330. The van der Waals surface area contributed by atoms with Crippen molar-refractivity contribution in [3.63, 3.8) is 0 Å². The molecule has 0 N–H and O–H groups in total. The minimum absolute atomic E-state index is 1.02. The topological polar surface area (TPSA) is 0 Å². The molecule has 0 fully saturated rings. The van der Waals surface area contributed by atoms with Gasteiger partial charge in [0.15, 0.2) is 0 Å². The van der Waals surface area contributed by atoms with Gasteiger partial charge in [0.1, 0.15) is 0 Å². The van der Waals surface area contributed by atoms with E-state index in [1.807, 2.05) is 48.5 Å². The molecule has 0 aromatic heterocycles. The molecule has 0 radical (unpaired) electrons. The lowest BCUT2D eigenvalue weighted by Gasteiger charge is -1.89. The Hall–Kier alpha value is -0.860. The summed E-state index contributed by atoms with van der Waals surface area (Å²) >= 11 is 8.26. The third-order valence-corrected chi connectivity index (χ3v) is 2.66. The van der Waals surface area contributed by atoms with E-state index in [1.165, 1.54) is 11.1 Å².